The summed E-state index contributed by atoms with van der Waals surface area (Å²) in [6, 6.07) is 6.52. The van der Waals surface area contributed by atoms with Gasteiger partial charge in [0.2, 0.25) is 5.91 Å². The lowest BCUT2D eigenvalue weighted by Gasteiger charge is -2.21. The highest BCUT2D eigenvalue weighted by atomic mass is 35.5. The van der Waals surface area contributed by atoms with Crippen LogP contribution in [0.3, 0.4) is 0 Å². The molecule has 0 atom stereocenters. The van der Waals surface area contributed by atoms with Crippen LogP contribution in [0.2, 0.25) is 5.02 Å². The number of aliphatic hydroxyl groups excluding tert-OH is 1. The van der Waals surface area contributed by atoms with Crippen molar-refractivity contribution >= 4 is 23.4 Å². The molecule has 0 saturated heterocycles. The topological polar surface area (TPSA) is 69.6 Å². The first-order chi connectivity index (χ1) is 9.58. The number of nitrogens with zero attached hydrogens (tertiary/aromatic N) is 1. The Hall–Kier alpha value is -1.59. The fourth-order valence-electron chi connectivity index (χ4n) is 1.75. The molecule has 110 valence electrons. The largest absolute Gasteiger partial charge is 0.395 e. The number of nitrogens with one attached hydrogen (secondary N) is 1. The van der Waals surface area contributed by atoms with Crippen LogP contribution in [0.25, 0.3) is 0 Å². The van der Waals surface area contributed by atoms with Gasteiger partial charge in [-0.05, 0) is 24.6 Å². The third-order valence-electron chi connectivity index (χ3n) is 2.70. The molecule has 0 aromatic heterocycles. The molecule has 0 fully saturated rings. The number of halogens is 1. The Morgan fingerprint density at radius 2 is 2.10 bits per heavy atom. The van der Waals surface area contributed by atoms with Gasteiger partial charge in [0.1, 0.15) is 0 Å². The maximum Gasteiger partial charge on any atom is 0.251 e. The Balaban J connectivity index is 2.53. The Kier molecular flexibility index (Phi) is 7.04. The Labute approximate surface area is 123 Å². The lowest BCUT2D eigenvalue weighted by Crippen LogP contribution is -2.41. The molecule has 2 N–H and O–H groups in total. The van der Waals surface area contributed by atoms with E-state index in [0.29, 0.717) is 17.1 Å². The third kappa shape index (κ3) is 5.19. The molecule has 0 unspecified atom stereocenters. The minimum absolute atomic E-state index is 0.0893. The van der Waals surface area contributed by atoms with Crippen LogP contribution in [0.5, 0.6) is 0 Å². The molecule has 0 heterocycles. The first-order valence-electron chi connectivity index (χ1n) is 6.51. The summed E-state index contributed by atoms with van der Waals surface area (Å²) in [7, 11) is 0. The van der Waals surface area contributed by atoms with Gasteiger partial charge in [-0.1, -0.05) is 24.6 Å². The summed E-state index contributed by atoms with van der Waals surface area (Å²) < 4.78 is 0. The van der Waals surface area contributed by atoms with Crippen LogP contribution in [0.4, 0.5) is 0 Å². The van der Waals surface area contributed by atoms with E-state index in [0.717, 1.165) is 6.42 Å². The zero-order chi connectivity index (χ0) is 15.0. The summed E-state index contributed by atoms with van der Waals surface area (Å²) in [6.45, 7) is 2.60. The van der Waals surface area contributed by atoms with Crippen molar-refractivity contribution in [2.24, 2.45) is 0 Å². The number of hydrogen-bond acceptors (Lipinski definition) is 3. The van der Waals surface area contributed by atoms with Gasteiger partial charge in [0.25, 0.3) is 5.91 Å². The maximum atomic E-state index is 11.9. The summed E-state index contributed by atoms with van der Waals surface area (Å²) in [5.41, 5.74) is 0.412. The predicted octanol–water partition coefficient (Wildman–Crippen LogP) is 1.30. The lowest BCUT2D eigenvalue weighted by molar-refractivity contribution is -0.130. The third-order valence-corrected chi connectivity index (χ3v) is 2.94. The first kappa shape index (κ1) is 16.5. The highest BCUT2D eigenvalue weighted by Gasteiger charge is 2.14. The molecule has 6 heteroatoms. The summed E-state index contributed by atoms with van der Waals surface area (Å²) in [5, 5.41) is 11.9. The summed E-state index contributed by atoms with van der Waals surface area (Å²) in [5.74, 6) is -0.558. The molecule has 20 heavy (non-hydrogen) atoms. The van der Waals surface area contributed by atoms with Crippen LogP contribution in [-0.2, 0) is 4.79 Å². The highest BCUT2D eigenvalue weighted by molar-refractivity contribution is 6.30. The Bertz CT molecular complexity index is 459. The fraction of sp³-hybridized carbons (Fsp3) is 0.429. The smallest absolute Gasteiger partial charge is 0.251 e. The Morgan fingerprint density at radius 1 is 1.35 bits per heavy atom. The minimum Gasteiger partial charge on any atom is -0.395 e. The van der Waals surface area contributed by atoms with Gasteiger partial charge < -0.3 is 15.3 Å². The van der Waals surface area contributed by atoms with Gasteiger partial charge in [0, 0.05) is 23.7 Å². The van der Waals surface area contributed by atoms with Crippen LogP contribution in [0.1, 0.15) is 23.7 Å². The van der Waals surface area contributed by atoms with Crippen LogP contribution in [0.15, 0.2) is 24.3 Å². The van der Waals surface area contributed by atoms with E-state index < -0.39 is 0 Å². The van der Waals surface area contributed by atoms with E-state index in [1.54, 1.807) is 24.3 Å². The molecule has 1 aromatic carbocycles. The molecule has 5 nitrogen and oxygen atoms in total. The van der Waals surface area contributed by atoms with Crippen molar-refractivity contribution in [3.05, 3.63) is 34.9 Å². The second-order valence-corrected chi connectivity index (χ2v) is 4.73. The van der Waals surface area contributed by atoms with Crippen molar-refractivity contribution in [1.29, 1.82) is 0 Å². The number of hydrogen-bond donors (Lipinski definition) is 2. The average Bonchev–Trinajstić information content (AvgIpc) is 2.44. The molecule has 1 rings (SSSR count). The molecule has 0 bridgehead atoms. The van der Waals surface area contributed by atoms with Gasteiger partial charge >= 0.3 is 0 Å². The molecule has 0 aliphatic carbocycles. The zero-order valence-electron chi connectivity index (χ0n) is 11.4. The highest BCUT2D eigenvalue weighted by Crippen LogP contribution is 2.10. The number of carbonyl (C=O) groups is 2. The van der Waals surface area contributed by atoms with E-state index >= 15 is 0 Å². The Morgan fingerprint density at radius 3 is 2.70 bits per heavy atom. The van der Waals surface area contributed by atoms with Crippen molar-refractivity contribution in [3.63, 3.8) is 0 Å². The summed E-state index contributed by atoms with van der Waals surface area (Å²) in [4.78, 5) is 25.3. The normalized spacial score (nSPS) is 10.2. The number of benzene rings is 1. The number of rotatable bonds is 7. The quantitative estimate of drug-likeness (QED) is 0.797. The van der Waals surface area contributed by atoms with Gasteiger partial charge in [0.05, 0.1) is 13.2 Å². The zero-order valence-corrected chi connectivity index (χ0v) is 12.2. The van der Waals surface area contributed by atoms with Crippen molar-refractivity contribution in [3.8, 4) is 0 Å². The minimum atomic E-state index is -0.346. The maximum absolute atomic E-state index is 11.9. The first-order valence-corrected chi connectivity index (χ1v) is 6.88. The second kappa shape index (κ2) is 8.55. The van der Waals surface area contributed by atoms with Crippen molar-refractivity contribution in [2.75, 3.05) is 26.2 Å². The molecular weight excluding hydrogens is 280 g/mol. The molecule has 1 aromatic rings. The summed E-state index contributed by atoms with van der Waals surface area (Å²) >= 11 is 5.80. The van der Waals surface area contributed by atoms with Gasteiger partial charge in [-0.3, -0.25) is 9.59 Å². The second-order valence-electron chi connectivity index (χ2n) is 4.30. The predicted molar refractivity (Wildman–Crippen MR) is 77.7 cm³/mol. The molecule has 0 aliphatic rings. The lowest BCUT2D eigenvalue weighted by atomic mass is 10.2. The van der Waals surface area contributed by atoms with Gasteiger partial charge in [-0.2, -0.15) is 0 Å². The van der Waals surface area contributed by atoms with Gasteiger partial charge in [0.15, 0.2) is 0 Å². The fourth-order valence-corrected chi connectivity index (χ4v) is 1.94. The van der Waals surface area contributed by atoms with E-state index in [9.17, 15) is 9.59 Å². The van der Waals surface area contributed by atoms with Gasteiger partial charge in [-0.15, -0.1) is 0 Å². The van der Waals surface area contributed by atoms with Crippen LogP contribution >= 0.6 is 11.6 Å². The molecule has 0 aliphatic heterocycles. The van der Waals surface area contributed by atoms with E-state index in [1.807, 2.05) is 6.92 Å². The van der Waals surface area contributed by atoms with Crippen LogP contribution < -0.4 is 5.32 Å². The number of carbonyl (C=O) groups excluding carboxylic acids is 2. The van der Waals surface area contributed by atoms with Crippen LogP contribution in [-0.4, -0.2) is 48.1 Å². The van der Waals surface area contributed by atoms with E-state index in [-0.39, 0.29) is 31.5 Å². The molecule has 0 spiro atoms. The SMILES string of the molecule is CCCN(CCO)C(=O)CNC(=O)c1cccc(Cl)c1. The molecule has 0 saturated carbocycles. The van der Waals surface area contributed by atoms with Crippen molar-refractivity contribution in [1.82, 2.24) is 10.2 Å². The monoisotopic (exact) mass is 298 g/mol. The average molecular weight is 299 g/mol. The van der Waals surface area contributed by atoms with E-state index in [1.165, 1.54) is 4.90 Å². The number of amides is 2. The standard InChI is InChI=1S/C14H19ClN2O3/c1-2-6-17(7-8-18)13(19)10-16-14(20)11-4-3-5-12(15)9-11/h3-5,9,18H,2,6-8,10H2,1H3,(H,16,20). The van der Waals surface area contributed by atoms with Gasteiger partial charge in [-0.25, -0.2) is 0 Å². The molecule has 0 radical (unpaired) electrons. The molecule has 2 amide bonds. The van der Waals surface area contributed by atoms with Crippen molar-refractivity contribution in [2.45, 2.75) is 13.3 Å². The number of aliphatic hydroxyl groups is 1. The van der Waals surface area contributed by atoms with E-state index in [4.69, 9.17) is 16.7 Å². The molecular formula is C14H19ClN2O3. The van der Waals surface area contributed by atoms with E-state index in [2.05, 4.69) is 5.32 Å². The van der Waals surface area contributed by atoms with Crippen LogP contribution in [0, 0.1) is 0 Å². The van der Waals surface area contributed by atoms with Crippen molar-refractivity contribution < 1.29 is 14.7 Å². The summed E-state index contributed by atoms with van der Waals surface area (Å²) in [6.07, 6.45) is 0.800.